The van der Waals surface area contributed by atoms with Gasteiger partial charge in [-0.2, -0.15) is 0 Å². The molecule has 0 aliphatic heterocycles. The fourth-order valence-electron chi connectivity index (χ4n) is 1.69. The monoisotopic (exact) mass is 257 g/mol. The Balaban J connectivity index is 2.10. The van der Waals surface area contributed by atoms with Gasteiger partial charge in [0.2, 0.25) is 5.91 Å². The molecule has 2 rings (SSSR count). The molecule has 0 bridgehead atoms. The fraction of sp³-hybridized carbons (Fsp3) is 0.214. The maximum absolute atomic E-state index is 11.9. The number of carbonyl (C=O) groups is 1. The molecule has 1 aromatic carbocycles. The summed E-state index contributed by atoms with van der Waals surface area (Å²) in [6.07, 6.45) is 1.38. The number of aryl methyl sites for hydroxylation is 2. The van der Waals surface area contributed by atoms with Crippen LogP contribution in [0.5, 0.6) is 0 Å². The van der Waals surface area contributed by atoms with Crippen LogP contribution in [-0.2, 0) is 11.3 Å². The summed E-state index contributed by atoms with van der Waals surface area (Å²) >= 11 is 0. The third-order valence-corrected chi connectivity index (χ3v) is 2.75. The zero-order valence-corrected chi connectivity index (χ0v) is 10.9. The number of hydrogen-bond acceptors (Lipinski definition) is 3. The van der Waals surface area contributed by atoms with E-state index in [1.54, 1.807) is 6.92 Å². The average molecular weight is 257 g/mol. The van der Waals surface area contributed by atoms with Gasteiger partial charge in [-0.25, -0.2) is 4.98 Å². The van der Waals surface area contributed by atoms with E-state index in [1.165, 1.54) is 17.0 Å². The average Bonchev–Trinajstić information content (AvgIpc) is 2.36. The number of hydrogen-bond donors (Lipinski definition) is 1. The van der Waals surface area contributed by atoms with Crippen LogP contribution in [0, 0.1) is 13.8 Å². The number of aromatic nitrogens is 2. The van der Waals surface area contributed by atoms with Crippen LogP contribution in [0.3, 0.4) is 0 Å². The summed E-state index contributed by atoms with van der Waals surface area (Å²) in [4.78, 5) is 27.5. The van der Waals surface area contributed by atoms with Gasteiger partial charge in [0.15, 0.2) is 0 Å². The number of nitrogens with zero attached hydrogens (tertiary/aromatic N) is 2. The van der Waals surface area contributed by atoms with Crippen LogP contribution < -0.4 is 10.9 Å². The molecule has 0 fully saturated rings. The molecule has 2 aromatic rings. The smallest absolute Gasteiger partial charge is 0.253 e. The number of anilines is 1. The first-order valence-corrected chi connectivity index (χ1v) is 5.95. The van der Waals surface area contributed by atoms with E-state index in [0.717, 1.165) is 11.3 Å². The fourth-order valence-corrected chi connectivity index (χ4v) is 1.69. The van der Waals surface area contributed by atoms with E-state index in [0.29, 0.717) is 5.69 Å². The lowest BCUT2D eigenvalue weighted by Crippen LogP contribution is -2.27. The van der Waals surface area contributed by atoms with Gasteiger partial charge >= 0.3 is 0 Å². The van der Waals surface area contributed by atoms with Crippen molar-refractivity contribution in [3.8, 4) is 0 Å². The molecule has 0 atom stereocenters. The normalized spacial score (nSPS) is 10.2. The van der Waals surface area contributed by atoms with Gasteiger partial charge in [0.05, 0.1) is 6.33 Å². The molecule has 0 saturated carbocycles. The molecule has 19 heavy (non-hydrogen) atoms. The number of benzene rings is 1. The SMILES string of the molecule is Cc1cc(=O)n(CC(=O)Nc2ccccc2C)cn1. The van der Waals surface area contributed by atoms with Crippen molar-refractivity contribution in [2.45, 2.75) is 20.4 Å². The second-order valence-electron chi connectivity index (χ2n) is 4.36. The summed E-state index contributed by atoms with van der Waals surface area (Å²) in [7, 11) is 0. The van der Waals surface area contributed by atoms with Crippen LogP contribution in [0.4, 0.5) is 5.69 Å². The van der Waals surface area contributed by atoms with Gasteiger partial charge in [0, 0.05) is 17.4 Å². The van der Waals surface area contributed by atoms with E-state index < -0.39 is 0 Å². The van der Waals surface area contributed by atoms with Crippen molar-refractivity contribution in [2.75, 3.05) is 5.32 Å². The molecule has 0 aliphatic carbocycles. The maximum Gasteiger partial charge on any atom is 0.253 e. The zero-order valence-electron chi connectivity index (χ0n) is 10.9. The Morgan fingerprint density at radius 3 is 2.74 bits per heavy atom. The van der Waals surface area contributed by atoms with Crippen molar-refractivity contribution in [2.24, 2.45) is 0 Å². The lowest BCUT2D eigenvalue weighted by Gasteiger charge is -2.09. The number of nitrogens with one attached hydrogen (secondary N) is 1. The summed E-state index contributed by atoms with van der Waals surface area (Å²) in [6.45, 7) is 3.61. The molecule has 5 heteroatoms. The van der Waals surface area contributed by atoms with Crippen molar-refractivity contribution >= 4 is 11.6 Å². The van der Waals surface area contributed by atoms with Crippen LogP contribution in [0.2, 0.25) is 0 Å². The van der Waals surface area contributed by atoms with Crippen molar-refractivity contribution in [1.29, 1.82) is 0 Å². The Bertz CT molecular complexity index is 662. The first-order valence-electron chi connectivity index (χ1n) is 5.95. The minimum atomic E-state index is -0.248. The molecule has 1 heterocycles. The zero-order chi connectivity index (χ0) is 13.8. The van der Waals surface area contributed by atoms with Crippen LogP contribution >= 0.6 is 0 Å². The minimum Gasteiger partial charge on any atom is -0.324 e. The van der Waals surface area contributed by atoms with Gasteiger partial charge < -0.3 is 5.32 Å². The Hall–Kier alpha value is -2.43. The first kappa shape index (κ1) is 13.0. The minimum absolute atomic E-state index is 0.0412. The highest BCUT2D eigenvalue weighted by Crippen LogP contribution is 2.12. The molecule has 1 aromatic heterocycles. The lowest BCUT2D eigenvalue weighted by atomic mass is 10.2. The van der Waals surface area contributed by atoms with Crippen LogP contribution in [-0.4, -0.2) is 15.5 Å². The van der Waals surface area contributed by atoms with Gasteiger partial charge in [-0.1, -0.05) is 18.2 Å². The third-order valence-electron chi connectivity index (χ3n) is 2.75. The lowest BCUT2D eigenvalue weighted by molar-refractivity contribution is -0.116. The summed E-state index contributed by atoms with van der Waals surface area (Å²) in [6, 6.07) is 8.89. The molecular formula is C14H15N3O2. The third kappa shape index (κ3) is 3.28. The number of para-hydroxylation sites is 1. The summed E-state index contributed by atoms with van der Waals surface area (Å²) < 4.78 is 1.28. The van der Waals surface area contributed by atoms with E-state index in [4.69, 9.17) is 0 Å². The highest BCUT2D eigenvalue weighted by atomic mass is 16.2. The predicted octanol–water partition coefficient (Wildman–Crippen LogP) is 1.50. The topological polar surface area (TPSA) is 64.0 Å². The molecule has 0 spiro atoms. The second-order valence-corrected chi connectivity index (χ2v) is 4.36. The molecule has 0 aliphatic rings. The summed E-state index contributed by atoms with van der Waals surface area (Å²) in [5.74, 6) is -0.248. The van der Waals surface area contributed by atoms with E-state index in [-0.39, 0.29) is 18.0 Å². The van der Waals surface area contributed by atoms with Crippen molar-refractivity contribution in [3.63, 3.8) is 0 Å². The second kappa shape index (κ2) is 5.48. The van der Waals surface area contributed by atoms with Crippen LogP contribution in [0.15, 0.2) is 41.5 Å². The summed E-state index contributed by atoms with van der Waals surface area (Å²) in [5.41, 5.74) is 2.14. The maximum atomic E-state index is 11.9. The van der Waals surface area contributed by atoms with Gasteiger partial charge in [0.25, 0.3) is 5.56 Å². The predicted molar refractivity (Wildman–Crippen MR) is 73.0 cm³/mol. The Kier molecular flexibility index (Phi) is 3.75. The number of carbonyl (C=O) groups excluding carboxylic acids is 1. The largest absolute Gasteiger partial charge is 0.324 e. The van der Waals surface area contributed by atoms with Crippen molar-refractivity contribution < 1.29 is 4.79 Å². The first-order chi connectivity index (χ1) is 9.06. The highest BCUT2D eigenvalue weighted by Gasteiger charge is 2.06. The van der Waals surface area contributed by atoms with Crippen LogP contribution in [0.25, 0.3) is 0 Å². The molecule has 98 valence electrons. The van der Waals surface area contributed by atoms with E-state index in [2.05, 4.69) is 10.3 Å². The van der Waals surface area contributed by atoms with Gasteiger partial charge in [-0.05, 0) is 25.5 Å². The van der Waals surface area contributed by atoms with Crippen molar-refractivity contribution in [1.82, 2.24) is 9.55 Å². The summed E-state index contributed by atoms with van der Waals surface area (Å²) in [5, 5.41) is 2.77. The number of amides is 1. The van der Waals surface area contributed by atoms with E-state index in [1.807, 2.05) is 31.2 Å². The number of rotatable bonds is 3. The standard InChI is InChI=1S/C14H15N3O2/c1-10-5-3-4-6-12(10)16-13(18)8-17-9-15-11(2)7-14(17)19/h3-7,9H,8H2,1-2H3,(H,16,18). The molecule has 5 nitrogen and oxygen atoms in total. The molecular weight excluding hydrogens is 242 g/mol. The molecule has 0 unspecified atom stereocenters. The quantitative estimate of drug-likeness (QED) is 0.906. The van der Waals surface area contributed by atoms with Crippen LogP contribution in [0.1, 0.15) is 11.3 Å². The Labute approximate surface area is 110 Å². The van der Waals surface area contributed by atoms with Gasteiger partial charge in [0.1, 0.15) is 6.54 Å². The Morgan fingerprint density at radius 1 is 1.32 bits per heavy atom. The molecule has 1 N–H and O–H groups in total. The molecule has 1 amide bonds. The molecule has 0 radical (unpaired) electrons. The molecule has 0 saturated heterocycles. The highest BCUT2D eigenvalue weighted by molar-refractivity contribution is 5.91. The van der Waals surface area contributed by atoms with Crippen molar-refractivity contribution in [3.05, 3.63) is 58.3 Å². The van der Waals surface area contributed by atoms with Gasteiger partial charge in [-0.3, -0.25) is 14.2 Å². The van der Waals surface area contributed by atoms with Gasteiger partial charge in [-0.15, -0.1) is 0 Å². The Morgan fingerprint density at radius 2 is 2.05 bits per heavy atom. The van der Waals surface area contributed by atoms with E-state index >= 15 is 0 Å². The van der Waals surface area contributed by atoms with E-state index in [9.17, 15) is 9.59 Å².